The number of hydrogen-bond acceptors (Lipinski definition) is 4. The van der Waals surface area contributed by atoms with E-state index in [1.807, 2.05) is 31.2 Å². The number of benzene rings is 1. The van der Waals surface area contributed by atoms with Crippen molar-refractivity contribution in [3.05, 3.63) is 47.4 Å². The molecule has 0 saturated heterocycles. The first-order valence-electron chi connectivity index (χ1n) is 7.51. The van der Waals surface area contributed by atoms with Crippen molar-refractivity contribution >= 4 is 5.69 Å². The number of hydrogen-bond donors (Lipinski definition) is 2. The number of anilines is 1. The van der Waals surface area contributed by atoms with Gasteiger partial charge in [0.2, 0.25) is 0 Å². The summed E-state index contributed by atoms with van der Waals surface area (Å²) in [6.45, 7) is 2.52. The molecule has 1 aliphatic rings. The summed E-state index contributed by atoms with van der Waals surface area (Å²) in [7, 11) is 0. The molecule has 21 heavy (non-hydrogen) atoms. The van der Waals surface area contributed by atoms with Crippen LogP contribution in [0.1, 0.15) is 42.7 Å². The van der Waals surface area contributed by atoms with Crippen LogP contribution in [0.3, 0.4) is 0 Å². The van der Waals surface area contributed by atoms with E-state index in [1.54, 1.807) is 6.26 Å². The molecule has 0 fully saturated rings. The molecule has 0 amide bonds. The van der Waals surface area contributed by atoms with Crippen LogP contribution in [0.5, 0.6) is 5.75 Å². The summed E-state index contributed by atoms with van der Waals surface area (Å²) >= 11 is 0. The Labute approximate surface area is 124 Å². The number of nitrogens with one attached hydrogen (secondary N) is 1. The third-order valence-electron chi connectivity index (χ3n) is 3.92. The van der Waals surface area contributed by atoms with E-state index in [2.05, 4.69) is 5.32 Å². The highest BCUT2D eigenvalue weighted by molar-refractivity contribution is 5.52. The summed E-state index contributed by atoms with van der Waals surface area (Å²) in [6, 6.07) is 8.19. The maximum atomic E-state index is 9.48. The summed E-state index contributed by atoms with van der Waals surface area (Å²) < 4.78 is 11.0. The highest BCUT2D eigenvalue weighted by Gasteiger charge is 2.22. The van der Waals surface area contributed by atoms with Crippen LogP contribution >= 0.6 is 0 Å². The maximum absolute atomic E-state index is 9.48. The fourth-order valence-electron chi connectivity index (χ4n) is 2.93. The Hall–Kier alpha value is -1.94. The van der Waals surface area contributed by atoms with Crippen LogP contribution in [-0.4, -0.2) is 11.7 Å². The monoisotopic (exact) mass is 287 g/mol. The van der Waals surface area contributed by atoms with Gasteiger partial charge in [0.15, 0.2) is 0 Å². The lowest BCUT2D eigenvalue weighted by molar-refractivity contribution is 0.267. The average molecular weight is 287 g/mol. The molecule has 4 nitrogen and oxygen atoms in total. The molecule has 0 saturated carbocycles. The zero-order valence-corrected chi connectivity index (χ0v) is 12.3. The normalized spacial score (nSPS) is 17.3. The highest BCUT2D eigenvalue weighted by Crippen LogP contribution is 2.34. The van der Waals surface area contributed by atoms with Crippen LogP contribution in [0.4, 0.5) is 5.69 Å². The van der Waals surface area contributed by atoms with Gasteiger partial charge in [0, 0.05) is 23.2 Å². The predicted molar refractivity (Wildman–Crippen MR) is 81.5 cm³/mol. The number of aryl methyl sites for hydroxylation is 1. The van der Waals surface area contributed by atoms with E-state index in [4.69, 9.17) is 9.15 Å². The maximum Gasteiger partial charge on any atom is 0.124 e. The van der Waals surface area contributed by atoms with Crippen molar-refractivity contribution in [3.8, 4) is 5.75 Å². The first kappa shape index (κ1) is 14.0. The number of furan rings is 1. The number of fused-ring (bicyclic) bond motifs is 1. The summed E-state index contributed by atoms with van der Waals surface area (Å²) in [4.78, 5) is 0. The van der Waals surface area contributed by atoms with E-state index in [9.17, 15) is 5.11 Å². The van der Waals surface area contributed by atoms with E-state index < -0.39 is 0 Å². The van der Waals surface area contributed by atoms with Gasteiger partial charge in [0.25, 0.3) is 0 Å². The summed E-state index contributed by atoms with van der Waals surface area (Å²) in [6.07, 6.45) is 5.00. The lowest BCUT2D eigenvalue weighted by Crippen LogP contribution is -2.16. The molecule has 1 aliphatic carbocycles. The molecule has 1 unspecified atom stereocenters. The van der Waals surface area contributed by atoms with Crippen molar-refractivity contribution in [2.75, 3.05) is 11.9 Å². The second-order valence-corrected chi connectivity index (χ2v) is 5.30. The van der Waals surface area contributed by atoms with Gasteiger partial charge >= 0.3 is 0 Å². The lowest BCUT2D eigenvalue weighted by Gasteiger charge is -2.24. The molecule has 1 heterocycles. The van der Waals surface area contributed by atoms with Crippen molar-refractivity contribution in [3.63, 3.8) is 0 Å². The van der Waals surface area contributed by atoms with E-state index in [-0.39, 0.29) is 12.6 Å². The van der Waals surface area contributed by atoms with Crippen LogP contribution in [0.15, 0.2) is 34.9 Å². The molecule has 1 aromatic heterocycles. The molecule has 2 N–H and O–H groups in total. The molecule has 1 atom stereocenters. The van der Waals surface area contributed by atoms with Crippen LogP contribution in [0, 0.1) is 0 Å². The Morgan fingerprint density at radius 2 is 2.29 bits per heavy atom. The van der Waals surface area contributed by atoms with E-state index in [0.29, 0.717) is 6.61 Å². The minimum atomic E-state index is -0.0213. The SMILES string of the molecule is CCOc1ccc(NC2CCCc3occc32)cc1CO. The van der Waals surface area contributed by atoms with Gasteiger partial charge in [-0.3, -0.25) is 0 Å². The molecule has 2 aromatic rings. The summed E-state index contributed by atoms with van der Waals surface area (Å²) in [5.74, 6) is 1.84. The second kappa shape index (κ2) is 6.22. The topological polar surface area (TPSA) is 54.6 Å². The third-order valence-corrected chi connectivity index (χ3v) is 3.92. The fraction of sp³-hybridized carbons (Fsp3) is 0.412. The van der Waals surface area contributed by atoms with Gasteiger partial charge in [-0.15, -0.1) is 0 Å². The number of aliphatic hydroxyl groups is 1. The van der Waals surface area contributed by atoms with Gasteiger partial charge in [0.1, 0.15) is 11.5 Å². The Morgan fingerprint density at radius 3 is 3.10 bits per heavy atom. The number of rotatable bonds is 5. The largest absolute Gasteiger partial charge is 0.494 e. The minimum Gasteiger partial charge on any atom is -0.494 e. The van der Waals surface area contributed by atoms with E-state index in [0.717, 1.165) is 42.0 Å². The highest BCUT2D eigenvalue weighted by atomic mass is 16.5. The molecule has 0 aliphatic heterocycles. The second-order valence-electron chi connectivity index (χ2n) is 5.30. The predicted octanol–water partition coefficient (Wildman–Crippen LogP) is 3.66. The molecule has 0 bridgehead atoms. The Morgan fingerprint density at radius 1 is 1.38 bits per heavy atom. The van der Waals surface area contributed by atoms with Gasteiger partial charge in [-0.25, -0.2) is 0 Å². The number of aliphatic hydroxyl groups excluding tert-OH is 1. The minimum absolute atomic E-state index is 0.0213. The van der Waals surface area contributed by atoms with Crippen molar-refractivity contribution in [1.82, 2.24) is 0 Å². The lowest BCUT2D eigenvalue weighted by atomic mass is 9.93. The molecule has 0 spiro atoms. The third kappa shape index (κ3) is 2.90. The molecule has 3 rings (SSSR count). The van der Waals surface area contributed by atoms with Gasteiger partial charge < -0.3 is 19.6 Å². The van der Waals surface area contributed by atoms with Gasteiger partial charge in [-0.05, 0) is 44.0 Å². The van der Waals surface area contributed by atoms with Crippen molar-refractivity contribution in [2.45, 2.75) is 38.8 Å². The first-order chi connectivity index (χ1) is 10.3. The van der Waals surface area contributed by atoms with Gasteiger partial charge in [0.05, 0.1) is 25.5 Å². The Kier molecular flexibility index (Phi) is 4.15. The molecule has 4 heteroatoms. The van der Waals surface area contributed by atoms with Gasteiger partial charge in [-0.2, -0.15) is 0 Å². The average Bonchev–Trinajstić information content (AvgIpc) is 2.98. The van der Waals surface area contributed by atoms with Crippen molar-refractivity contribution < 1.29 is 14.3 Å². The molecular formula is C17H21NO3. The number of ether oxygens (including phenoxy) is 1. The molecule has 0 radical (unpaired) electrons. The van der Waals surface area contributed by atoms with Crippen LogP contribution < -0.4 is 10.1 Å². The van der Waals surface area contributed by atoms with E-state index in [1.165, 1.54) is 5.56 Å². The Balaban J connectivity index is 1.80. The molecular weight excluding hydrogens is 266 g/mol. The van der Waals surface area contributed by atoms with Crippen molar-refractivity contribution in [2.24, 2.45) is 0 Å². The first-order valence-corrected chi connectivity index (χ1v) is 7.51. The zero-order chi connectivity index (χ0) is 14.7. The smallest absolute Gasteiger partial charge is 0.124 e. The molecule has 1 aromatic carbocycles. The van der Waals surface area contributed by atoms with Crippen LogP contribution in [0.2, 0.25) is 0 Å². The Bertz CT molecular complexity index is 606. The van der Waals surface area contributed by atoms with Crippen LogP contribution in [0.25, 0.3) is 0 Å². The van der Waals surface area contributed by atoms with Gasteiger partial charge in [-0.1, -0.05) is 0 Å². The fourth-order valence-corrected chi connectivity index (χ4v) is 2.93. The van der Waals surface area contributed by atoms with Crippen LogP contribution in [-0.2, 0) is 13.0 Å². The van der Waals surface area contributed by atoms with Crippen molar-refractivity contribution in [1.29, 1.82) is 0 Å². The summed E-state index contributed by atoms with van der Waals surface area (Å²) in [5.41, 5.74) is 3.06. The molecule has 112 valence electrons. The van der Waals surface area contributed by atoms with E-state index >= 15 is 0 Å². The zero-order valence-electron chi connectivity index (χ0n) is 12.3. The standard InChI is InChI=1S/C17H21NO3/c1-2-20-16-7-6-13(10-12(16)11-19)18-15-4-3-5-17-14(15)8-9-21-17/h6-10,15,18-19H,2-5,11H2,1H3. The summed E-state index contributed by atoms with van der Waals surface area (Å²) in [5, 5.41) is 13.0. The quantitative estimate of drug-likeness (QED) is 0.881.